The predicted molar refractivity (Wildman–Crippen MR) is 68.7 cm³/mol. The van der Waals surface area contributed by atoms with Gasteiger partial charge in [0, 0.05) is 9.79 Å². The number of carboxylic acid groups (broad SMARTS) is 1. The summed E-state index contributed by atoms with van der Waals surface area (Å²) in [6.07, 6.45) is 0. The number of aromatic carboxylic acids is 1. The molecule has 2 nitrogen and oxygen atoms in total. The Morgan fingerprint density at radius 3 is 2.56 bits per heavy atom. The number of carboxylic acids is 1. The van der Waals surface area contributed by atoms with Crippen LogP contribution in [0.3, 0.4) is 0 Å². The normalized spacial score (nSPS) is 10.3. The molecule has 0 bridgehead atoms. The Morgan fingerprint density at radius 2 is 1.89 bits per heavy atom. The molecule has 0 aliphatic rings. The Kier molecular flexibility index (Phi) is 3.67. The Bertz CT molecular complexity index is 596. The van der Waals surface area contributed by atoms with Gasteiger partial charge < -0.3 is 5.11 Å². The molecule has 0 spiro atoms. The van der Waals surface area contributed by atoms with Crippen molar-refractivity contribution in [1.82, 2.24) is 0 Å². The molecule has 0 radical (unpaired) electrons. The lowest BCUT2D eigenvalue weighted by Crippen LogP contribution is -1.95. The molecule has 2 aromatic rings. The molecule has 0 aromatic heterocycles. The monoisotopic (exact) mass is 262 g/mol. The van der Waals surface area contributed by atoms with Crippen LogP contribution < -0.4 is 0 Å². The molecule has 2 aromatic carbocycles. The number of carbonyl (C=O) groups is 1. The first-order valence-electron chi connectivity index (χ1n) is 5.33. The smallest absolute Gasteiger partial charge is 0.335 e. The lowest BCUT2D eigenvalue weighted by molar-refractivity contribution is 0.0696. The maximum Gasteiger partial charge on any atom is 0.335 e. The lowest BCUT2D eigenvalue weighted by Gasteiger charge is -2.04. The maximum absolute atomic E-state index is 13.1. The lowest BCUT2D eigenvalue weighted by atomic mass is 10.2. The van der Waals surface area contributed by atoms with Gasteiger partial charge in [0.05, 0.1) is 5.56 Å². The quantitative estimate of drug-likeness (QED) is 0.909. The molecule has 4 heteroatoms. The van der Waals surface area contributed by atoms with Gasteiger partial charge in [0.1, 0.15) is 5.82 Å². The van der Waals surface area contributed by atoms with Crippen LogP contribution in [0.5, 0.6) is 0 Å². The molecule has 0 fully saturated rings. The molecule has 0 amide bonds. The van der Waals surface area contributed by atoms with Crippen molar-refractivity contribution in [3.8, 4) is 0 Å². The second-order valence-electron chi connectivity index (χ2n) is 3.85. The highest BCUT2D eigenvalue weighted by Crippen LogP contribution is 2.29. The summed E-state index contributed by atoms with van der Waals surface area (Å²) < 4.78 is 13.1. The highest BCUT2D eigenvalue weighted by Gasteiger charge is 2.05. The number of hydrogen-bond donors (Lipinski definition) is 1. The van der Waals surface area contributed by atoms with E-state index >= 15 is 0 Å². The van der Waals surface area contributed by atoms with E-state index in [2.05, 4.69) is 0 Å². The first kappa shape index (κ1) is 12.6. The van der Waals surface area contributed by atoms with E-state index in [1.807, 2.05) is 6.07 Å². The van der Waals surface area contributed by atoms with Crippen molar-refractivity contribution in [1.29, 1.82) is 0 Å². The van der Waals surface area contributed by atoms with E-state index in [0.717, 1.165) is 9.79 Å². The van der Waals surface area contributed by atoms with E-state index in [1.165, 1.54) is 17.8 Å². The summed E-state index contributed by atoms with van der Waals surface area (Å²) in [6.45, 7) is 1.70. The molecule has 0 atom stereocenters. The fourth-order valence-corrected chi connectivity index (χ4v) is 2.49. The SMILES string of the molecule is Cc1cc(Sc2cccc(C(=O)O)c2)ccc1F. The zero-order chi connectivity index (χ0) is 13.1. The number of aryl methyl sites for hydroxylation is 1. The summed E-state index contributed by atoms with van der Waals surface area (Å²) in [5.41, 5.74) is 0.827. The van der Waals surface area contributed by atoms with Gasteiger partial charge in [-0.1, -0.05) is 17.8 Å². The predicted octanol–water partition coefficient (Wildman–Crippen LogP) is 3.98. The molecular formula is C14H11FO2S. The third-order valence-corrected chi connectivity index (χ3v) is 3.43. The molecular weight excluding hydrogens is 251 g/mol. The van der Waals surface area contributed by atoms with E-state index in [9.17, 15) is 9.18 Å². The molecule has 0 aliphatic carbocycles. The summed E-state index contributed by atoms with van der Waals surface area (Å²) in [4.78, 5) is 12.6. The van der Waals surface area contributed by atoms with Crippen LogP contribution in [0.4, 0.5) is 4.39 Å². The first-order valence-corrected chi connectivity index (χ1v) is 6.15. The van der Waals surface area contributed by atoms with Crippen LogP contribution in [0.15, 0.2) is 52.3 Å². The second-order valence-corrected chi connectivity index (χ2v) is 4.99. The summed E-state index contributed by atoms with van der Waals surface area (Å²) in [6, 6.07) is 11.5. The van der Waals surface area contributed by atoms with E-state index in [0.29, 0.717) is 5.56 Å². The van der Waals surface area contributed by atoms with Crippen LogP contribution in [0.2, 0.25) is 0 Å². The van der Waals surface area contributed by atoms with Crippen molar-refractivity contribution in [2.24, 2.45) is 0 Å². The minimum absolute atomic E-state index is 0.237. The van der Waals surface area contributed by atoms with Crippen LogP contribution in [0.25, 0.3) is 0 Å². The van der Waals surface area contributed by atoms with Crippen LogP contribution in [-0.2, 0) is 0 Å². The Morgan fingerprint density at radius 1 is 1.17 bits per heavy atom. The fraction of sp³-hybridized carbons (Fsp3) is 0.0714. The minimum Gasteiger partial charge on any atom is -0.478 e. The first-order chi connectivity index (χ1) is 8.56. The van der Waals surface area contributed by atoms with E-state index in [-0.39, 0.29) is 11.4 Å². The summed E-state index contributed by atoms with van der Waals surface area (Å²) in [7, 11) is 0. The zero-order valence-electron chi connectivity index (χ0n) is 9.68. The largest absolute Gasteiger partial charge is 0.478 e. The summed E-state index contributed by atoms with van der Waals surface area (Å²) >= 11 is 1.41. The Hall–Kier alpha value is -1.81. The van der Waals surface area contributed by atoms with Gasteiger partial charge in [-0.15, -0.1) is 0 Å². The highest BCUT2D eigenvalue weighted by atomic mass is 32.2. The van der Waals surface area contributed by atoms with Gasteiger partial charge in [0.15, 0.2) is 0 Å². The Labute approximate surface area is 108 Å². The van der Waals surface area contributed by atoms with Gasteiger partial charge in [-0.2, -0.15) is 0 Å². The van der Waals surface area contributed by atoms with Gasteiger partial charge in [-0.25, -0.2) is 9.18 Å². The van der Waals surface area contributed by atoms with Gasteiger partial charge in [-0.3, -0.25) is 0 Å². The van der Waals surface area contributed by atoms with Crippen LogP contribution in [-0.4, -0.2) is 11.1 Å². The van der Waals surface area contributed by atoms with Crippen molar-refractivity contribution < 1.29 is 14.3 Å². The van der Waals surface area contributed by atoms with Crippen LogP contribution in [0.1, 0.15) is 15.9 Å². The molecule has 0 unspecified atom stereocenters. The molecule has 18 heavy (non-hydrogen) atoms. The van der Waals surface area contributed by atoms with Gasteiger partial charge in [0.2, 0.25) is 0 Å². The van der Waals surface area contributed by atoms with E-state index < -0.39 is 5.97 Å². The third kappa shape index (κ3) is 2.90. The van der Waals surface area contributed by atoms with E-state index in [4.69, 9.17) is 5.11 Å². The molecule has 0 saturated carbocycles. The molecule has 0 aliphatic heterocycles. The van der Waals surface area contributed by atoms with E-state index in [1.54, 1.807) is 37.3 Å². The van der Waals surface area contributed by atoms with Crippen molar-refractivity contribution in [3.63, 3.8) is 0 Å². The van der Waals surface area contributed by atoms with Crippen molar-refractivity contribution >= 4 is 17.7 Å². The second kappa shape index (κ2) is 5.23. The van der Waals surface area contributed by atoms with Crippen molar-refractivity contribution in [3.05, 3.63) is 59.4 Å². The molecule has 0 saturated heterocycles. The van der Waals surface area contributed by atoms with Crippen LogP contribution in [0, 0.1) is 12.7 Å². The number of benzene rings is 2. The van der Waals surface area contributed by atoms with Crippen molar-refractivity contribution in [2.45, 2.75) is 16.7 Å². The molecule has 1 N–H and O–H groups in total. The number of halogens is 1. The minimum atomic E-state index is -0.951. The third-order valence-electron chi connectivity index (χ3n) is 2.45. The summed E-state index contributed by atoms with van der Waals surface area (Å²) in [5.74, 6) is -1.19. The average molecular weight is 262 g/mol. The topological polar surface area (TPSA) is 37.3 Å². The summed E-state index contributed by atoms with van der Waals surface area (Å²) in [5, 5.41) is 8.90. The van der Waals surface area contributed by atoms with Crippen LogP contribution >= 0.6 is 11.8 Å². The Balaban J connectivity index is 2.25. The molecule has 0 heterocycles. The molecule has 92 valence electrons. The van der Waals surface area contributed by atoms with Gasteiger partial charge in [0.25, 0.3) is 0 Å². The fourth-order valence-electron chi connectivity index (χ4n) is 1.51. The average Bonchev–Trinajstić information content (AvgIpc) is 2.34. The standard InChI is InChI=1S/C14H11FO2S/c1-9-7-12(5-6-13(9)15)18-11-4-2-3-10(8-11)14(16)17/h2-8H,1H3,(H,16,17). The number of hydrogen-bond acceptors (Lipinski definition) is 2. The molecule has 2 rings (SSSR count). The van der Waals surface area contributed by atoms with Gasteiger partial charge >= 0.3 is 5.97 Å². The zero-order valence-corrected chi connectivity index (χ0v) is 10.5. The van der Waals surface area contributed by atoms with Gasteiger partial charge in [-0.05, 0) is 48.9 Å². The maximum atomic E-state index is 13.1. The number of rotatable bonds is 3. The highest BCUT2D eigenvalue weighted by molar-refractivity contribution is 7.99. The van der Waals surface area contributed by atoms with Crippen molar-refractivity contribution in [2.75, 3.05) is 0 Å².